The molecule has 0 aromatic carbocycles. The van der Waals surface area contributed by atoms with E-state index in [0.29, 0.717) is 0 Å². The van der Waals surface area contributed by atoms with Crippen molar-refractivity contribution in [1.29, 1.82) is 0 Å². The van der Waals surface area contributed by atoms with Gasteiger partial charge in [0.25, 0.3) is 0 Å². The smallest absolute Gasteiger partial charge is 0.182 e. The van der Waals surface area contributed by atoms with Gasteiger partial charge in [0.15, 0.2) is 5.13 Å². The van der Waals surface area contributed by atoms with Crippen LogP contribution in [0, 0.1) is 5.92 Å². The molecule has 0 bridgehead atoms. The molecular weight excluding hydrogens is 254 g/mol. The molecule has 0 spiro atoms. The highest BCUT2D eigenvalue weighted by Crippen LogP contribution is 2.37. The van der Waals surface area contributed by atoms with E-state index in [9.17, 15) is 0 Å². The average Bonchev–Trinajstić information content (AvgIpc) is 3.05. The highest BCUT2D eigenvalue weighted by molar-refractivity contribution is 7.15. The van der Waals surface area contributed by atoms with Gasteiger partial charge in [0.2, 0.25) is 0 Å². The van der Waals surface area contributed by atoms with Gasteiger partial charge >= 0.3 is 0 Å². The quantitative estimate of drug-likeness (QED) is 0.890. The summed E-state index contributed by atoms with van der Waals surface area (Å²) < 4.78 is 0. The second-order valence-corrected chi connectivity index (χ2v) is 7.04. The standard InChI is InChI=1S/C15H25N3S/c1-2-8-16-15-17-10-13(19-15)11-18-9-7-12-5-3-4-6-14(12)18/h10,12,14H,2-9,11H2,1H3,(H,16,17). The largest absolute Gasteiger partial charge is 0.362 e. The zero-order valence-electron chi connectivity index (χ0n) is 11.9. The highest BCUT2D eigenvalue weighted by atomic mass is 32.1. The van der Waals surface area contributed by atoms with Crippen LogP contribution in [0.25, 0.3) is 0 Å². The number of nitrogens with one attached hydrogen (secondary N) is 1. The number of nitrogens with zero attached hydrogens (tertiary/aromatic N) is 2. The maximum absolute atomic E-state index is 4.48. The Morgan fingerprint density at radius 1 is 1.37 bits per heavy atom. The molecule has 4 heteroatoms. The van der Waals surface area contributed by atoms with Crippen LogP contribution < -0.4 is 5.32 Å². The average molecular weight is 279 g/mol. The molecule has 0 radical (unpaired) electrons. The van der Waals surface area contributed by atoms with Gasteiger partial charge in [-0.15, -0.1) is 11.3 Å². The molecule has 2 aliphatic rings. The lowest BCUT2D eigenvalue weighted by Crippen LogP contribution is -2.33. The van der Waals surface area contributed by atoms with Crippen molar-refractivity contribution in [1.82, 2.24) is 9.88 Å². The normalized spacial score (nSPS) is 27.4. The first-order valence-electron chi connectivity index (χ1n) is 7.79. The van der Waals surface area contributed by atoms with Crippen LogP contribution in [-0.4, -0.2) is 29.0 Å². The molecule has 1 aromatic heterocycles. The molecule has 2 atom stereocenters. The van der Waals surface area contributed by atoms with Crippen LogP contribution in [0.5, 0.6) is 0 Å². The Labute approximate surface area is 120 Å². The maximum atomic E-state index is 4.48. The number of anilines is 1. The molecule has 1 aromatic rings. The third-order valence-electron chi connectivity index (χ3n) is 4.56. The summed E-state index contributed by atoms with van der Waals surface area (Å²) in [5.41, 5.74) is 0. The van der Waals surface area contributed by atoms with Gasteiger partial charge < -0.3 is 5.32 Å². The summed E-state index contributed by atoms with van der Waals surface area (Å²) in [4.78, 5) is 8.61. The minimum atomic E-state index is 0.864. The summed E-state index contributed by atoms with van der Waals surface area (Å²) in [6.45, 7) is 5.63. The molecule has 1 saturated carbocycles. The van der Waals surface area contributed by atoms with Crippen LogP contribution in [-0.2, 0) is 6.54 Å². The van der Waals surface area contributed by atoms with E-state index in [4.69, 9.17) is 0 Å². The van der Waals surface area contributed by atoms with Crippen LogP contribution in [0.3, 0.4) is 0 Å². The van der Waals surface area contributed by atoms with Crippen molar-refractivity contribution in [2.24, 2.45) is 5.92 Å². The molecule has 2 fully saturated rings. The van der Waals surface area contributed by atoms with Gasteiger partial charge in [0.1, 0.15) is 0 Å². The van der Waals surface area contributed by atoms with Gasteiger partial charge in [-0.3, -0.25) is 4.90 Å². The summed E-state index contributed by atoms with van der Waals surface area (Å²) in [5.74, 6) is 0.986. The molecule has 2 unspecified atom stereocenters. The van der Waals surface area contributed by atoms with Crippen LogP contribution in [0.15, 0.2) is 6.20 Å². The molecule has 1 saturated heterocycles. The molecule has 106 valence electrons. The first kappa shape index (κ1) is 13.4. The molecule has 1 aliphatic carbocycles. The summed E-state index contributed by atoms with van der Waals surface area (Å²) in [7, 11) is 0. The Morgan fingerprint density at radius 2 is 2.26 bits per heavy atom. The molecule has 0 amide bonds. The van der Waals surface area contributed by atoms with Gasteiger partial charge in [-0.2, -0.15) is 0 Å². The van der Waals surface area contributed by atoms with Crippen molar-refractivity contribution < 1.29 is 0 Å². The van der Waals surface area contributed by atoms with E-state index in [1.54, 1.807) is 0 Å². The Kier molecular flexibility index (Phi) is 4.38. The minimum absolute atomic E-state index is 0.864. The Morgan fingerprint density at radius 3 is 3.16 bits per heavy atom. The van der Waals surface area contributed by atoms with E-state index >= 15 is 0 Å². The van der Waals surface area contributed by atoms with Crippen LogP contribution >= 0.6 is 11.3 Å². The van der Waals surface area contributed by atoms with E-state index in [2.05, 4.69) is 28.3 Å². The van der Waals surface area contributed by atoms with Crippen LogP contribution in [0.1, 0.15) is 50.3 Å². The minimum Gasteiger partial charge on any atom is -0.362 e. The number of hydrogen-bond acceptors (Lipinski definition) is 4. The van der Waals surface area contributed by atoms with Crippen LogP contribution in [0.4, 0.5) is 5.13 Å². The van der Waals surface area contributed by atoms with E-state index in [-0.39, 0.29) is 0 Å². The molecule has 1 aliphatic heterocycles. The topological polar surface area (TPSA) is 28.2 Å². The van der Waals surface area contributed by atoms with Gasteiger partial charge in [-0.05, 0) is 38.1 Å². The fraction of sp³-hybridized carbons (Fsp3) is 0.800. The molecule has 1 N–H and O–H groups in total. The predicted molar refractivity (Wildman–Crippen MR) is 81.7 cm³/mol. The lowest BCUT2D eigenvalue weighted by Gasteiger charge is -2.31. The predicted octanol–water partition coefficient (Wildman–Crippen LogP) is 3.73. The number of fused-ring (bicyclic) bond motifs is 1. The summed E-state index contributed by atoms with van der Waals surface area (Å²) in [6, 6.07) is 0.864. The Bertz CT molecular complexity index is 404. The van der Waals surface area contributed by atoms with Crippen molar-refractivity contribution in [3.8, 4) is 0 Å². The first-order valence-corrected chi connectivity index (χ1v) is 8.61. The molecule has 3 nitrogen and oxygen atoms in total. The summed E-state index contributed by atoms with van der Waals surface area (Å²) >= 11 is 1.84. The molecule has 2 heterocycles. The Hall–Kier alpha value is -0.610. The second kappa shape index (κ2) is 6.23. The van der Waals surface area contributed by atoms with Crippen LogP contribution in [0.2, 0.25) is 0 Å². The van der Waals surface area contributed by atoms with E-state index in [0.717, 1.165) is 36.6 Å². The summed E-state index contributed by atoms with van der Waals surface area (Å²) in [6.07, 6.45) is 10.4. The third-order valence-corrected chi connectivity index (χ3v) is 5.50. The van der Waals surface area contributed by atoms with Crippen molar-refractivity contribution in [2.45, 2.75) is 58.0 Å². The number of hydrogen-bond donors (Lipinski definition) is 1. The van der Waals surface area contributed by atoms with E-state index in [1.807, 2.05) is 11.3 Å². The first-order chi connectivity index (χ1) is 9.36. The number of aromatic nitrogens is 1. The lowest BCUT2D eigenvalue weighted by atomic mass is 9.85. The second-order valence-electron chi connectivity index (χ2n) is 5.93. The fourth-order valence-corrected chi connectivity index (χ4v) is 4.46. The van der Waals surface area contributed by atoms with E-state index in [1.165, 1.54) is 43.5 Å². The Balaban J connectivity index is 1.57. The molecule has 19 heavy (non-hydrogen) atoms. The number of likely N-dealkylation sites (tertiary alicyclic amines) is 1. The summed E-state index contributed by atoms with van der Waals surface area (Å²) in [5, 5.41) is 4.48. The van der Waals surface area contributed by atoms with Gasteiger partial charge in [0.05, 0.1) is 0 Å². The molecule has 3 rings (SSSR count). The molecular formula is C15H25N3S. The van der Waals surface area contributed by atoms with Gasteiger partial charge in [-0.1, -0.05) is 19.8 Å². The third kappa shape index (κ3) is 3.11. The van der Waals surface area contributed by atoms with E-state index < -0.39 is 0 Å². The highest BCUT2D eigenvalue weighted by Gasteiger charge is 2.35. The zero-order chi connectivity index (χ0) is 13.1. The fourth-order valence-electron chi connectivity index (χ4n) is 3.59. The lowest BCUT2D eigenvalue weighted by molar-refractivity contribution is 0.177. The van der Waals surface area contributed by atoms with Crippen molar-refractivity contribution in [2.75, 3.05) is 18.4 Å². The maximum Gasteiger partial charge on any atom is 0.182 e. The monoisotopic (exact) mass is 279 g/mol. The van der Waals surface area contributed by atoms with Crippen molar-refractivity contribution in [3.05, 3.63) is 11.1 Å². The SMILES string of the molecule is CCCNc1ncc(CN2CCC3CCCCC32)s1. The number of rotatable bonds is 5. The van der Waals surface area contributed by atoms with Crippen molar-refractivity contribution in [3.63, 3.8) is 0 Å². The number of thiazole rings is 1. The van der Waals surface area contributed by atoms with Crippen molar-refractivity contribution >= 4 is 16.5 Å². The zero-order valence-corrected chi connectivity index (χ0v) is 12.7. The van der Waals surface area contributed by atoms with Gasteiger partial charge in [0, 0.05) is 30.2 Å². The van der Waals surface area contributed by atoms with Gasteiger partial charge in [-0.25, -0.2) is 4.98 Å².